The molecule has 0 heterocycles. The van der Waals surface area contributed by atoms with Gasteiger partial charge in [-0.2, -0.15) is 0 Å². The summed E-state index contributed by atoms with van der Waals surface area (Å²) in [4.78, 5) is 11.5. The number of hydrogen-bond donors (Lipinski definition) is 1. The molecule has 0 radical (unpaired) electrons. The lowest BCUT2D eigenvalue weighted by Crippen LogP contribution is -2.13. The highest BCUT2D eigenvalue weighted by molar-refractivity contribution is 9.10. The van der Waals surface area contributed by atoms with Crippen LogP contribution in [0.3, 0.4) is 0 Å². The summed E-state index contributed by atoms with van der Waals surface area (Å²) < 4.78 is 17.8. The van der Waals surface area contributed by atoms with Gasteiger partial charge in [-0.3, -0.25) is 4.79 Å². The van der Waals surface area contributed by atoms with Gasteiger partial charge in [-0.15, -0.1) is 0 Å². The SMILES string of the molecule is CCOc1cc(Br)c(COc2ccccc2C(N)=O)cc1OCC. The Morgan fingerprint density at radius 3 is 2.25 bits per heavy atom. The van der Waals surface area contributed by atoms with Crippen molar-refractivity contribution in [1.29, 1.82) is 0 Å². The van der Waals surface area contributed by atoms with E-state index < -0.39 is 5.91 Å². The van der Waals surface area contributed by atoms with E-state index in [0.29, 0.717) is 36.0 Å². The maximum Gasteiger partial charge on any atom is 0.252 e. The van der Waals surface area contributed by atoms with E-state index >= 15 is 0 Å². The number of amides is 1. The molecule has 0 atom stereocenters. The number of nitrogens with two attached hydrogens (primary N) is 1. The number of rotatable bonds is 8. The molecule has 0 saturated carbocycles. The molecule has 0 aliphatic rings. The maximum absolute atomic E-state index is 11.5. The molecule has 0 saturated heterocycles. The van der Waals surface area contributed by atoms with Crippen molar-refractivity contribution in [1.82, 2.24) is 0 Å². The van der Waals surface area contributed by atoms with Gasteiger partial charge in [-0.25, -0.2) is 0 Å². The zero-order valence-corrected chi connectivity index (χ0v) is 15.3. The Hall–Kier alpha value is -2.21. The van der Waals surface area contributed by atoms with Gasteiger partial charge in [-0.1, -0.05) is 28.1 Å². The molecule has 0 spiro atoms. The molecule has 0 aliphatic carbocycles. The van der Waals surface area contributed by atoms with Crippen molar-refractivity contribution in [3.63, 3.8) is 0 Å². The number of benzene rings is 2. The quantitative estimate of drug-likeness (QED) is 0.737. The maximum atomic E-state index is 11.5. The summed E-state index contributed by atoms with van der Waals surface area (Å²) in [6, 6.07) is 10.6. The Morgan fingerprint density at radius 1 is 1.00 bits per heavy atom. The lowest BCUT2D eigenvalue weighted by Gasteiger charge is -2.15. The van der Waals surface area contributed by atoms with Crippen LogP contribution >= 0.6 is 15.9 Å². The number of primary amides is 1. The van der Waals surface area contributed by atoms with Gasteiger partial charge in [0, 0.05) is 10.0 Å². The average molecular weight is 394 g/mol. The van der Waals surface area contributed by atoms with E-state index in [2.05, 4.69) is 15.9 Å². The normalized spacial score (nSPS) is 10.3. The first kappa shape index (κ1) is 18.1. The molecule has 0 bridgehead atoms. The highest BCUT2D eigenvalue weighted by atomic mass is 79.9. The molecular formula is C18H20BrNO4. The number of halogens is 1. The monoisotopic (exact) mass is 393 g/mol. The first-order chi connectivity index (χ1) is 11.6. The van der Waals surface area contributed by atoms with Gasteiger partial charge >= 0.3 is 0 Å². The fraction of sp³-hybridized carbons (Fsp3) is 0.278. The zero-order valence-electron chi connectivity index (χ0n) is 13.7. The van der Waals surface area contributed by atoms with Crippen LogP contribution in [0.25, 0.3) is 0 Å². The van der Waals surface area contributed by atoms with Crippen molar-refractivity contribution in [2.45, 2.75) is 20.5 Å². The van der Waals surface area contributed by atoms with Gasteiger partial charge in [0.1, 0.15) is 12.4 Å². The summed E-state index contributed by atoms with van der Waals surface area (Å²) in [6.45, 7) is 5.18. The molecule has 6 heteroatoms. The summed E-state index contributed by atoms with van der Waals surface area (Å²) >= 11 is 3.52. The van der Waals surface area contributed by atoms with E-state index in [4.69, 9.17) is 19.9 Å². The first-order valence-electron chi connectivity index (χ1n) is 7.66. The standard InChI is InChI=1S/C18H20BrNO4/c1-3-22-16-9-12(14(19)10-17(16)23-4-2)11-24-15-8-6-5-7-13(15)18(20)21/h5-10H,3-4,11H2,1-2H3,(H2,20,21). The molecule has 2 aromatic rings. The van der Waals surface area contributed by atoms with Crippen LogP contribution in [0.2, 0.25) is 0 Å². The van der Waals surface area contributed by atoms with E-state index in [-0.39, 0.29) is 6.61 Å². The van der Waals surface area contributed by atoms with Gasteiger partial charge in [0.2, 0.25) is 0 Å². The smallest absolute Gasteiger partial charge is 0.252 e. The number of carbonyl (C=O) groups excluding carboxylic acids is 1. The predicted molar refractivity (Wildman–Crippen MR) is 95.8 cm³/mol. The van der Waals surface area contributed by atoms with Crippen LogP contribution in [-0.2, 0) is 6.61 Å². The third-order valence-corrected chi connectivity index (χ3v) is 3.99. The molecule has 24 heavy (non-hydrogen) atoms. The summed E-state index contributed by atoms with van der Waals surface area (Å²) in [5.41, 5.74) is 6.59. The third kappa shape index (κ3) is 4.41. The van der Waals surface area contributed by atoms with Gasteiger partial charge < -0.3 is 19.9 Å². The highest BCUT2D eigenvalue weighted by Gasteiger charge is 2.13. The summed E-state index contributed by atoms with van der Waals surface area (Å²) in [5, 5.41) is 0. The van der Waals surface area contributed by atoms with Crippen LogP contribution in [0.1, 0.15) is 29.8 Å². The fourth-order valence-corrected chi connectivity index (χ4v) is 2.61. The topological polar surface area (TPSA) is 70.8 Å². The Kier molecular flexibility index (Phi) is 6.49. The van der Waals surface area contributed by atoms with Crippen molar-refractivity contribution in [3.05, 3.63) is 52.0 Å². The molecular weight excluding hydrogens is 374 g/mol. The molecule has 128 valence electrons. The van der Waals surface area contributed by atoms with Gasteiger partial charge in [0.05, 0.1) is 18.8 Å². The van der Waals surface area contributed by atoms with Crippen LogP contribution < -0.4 is 19.9 Å². The summed E-state index contributed by atoms with van der Waals surface area (Å²) in [7, 11) is 0. The number of carbonyl (C=O) groups is 1. The second kappa shape index (κ2) is 8.59. The average Bonchev–Trinajstić information content (AvgIpc) is 2.56. The van der Waals surface area contributed by atoms with Crippen LogP contribution in [0.5, 0.6) is 17.2 Å². The van der Waals surface area contributed by atoms with Gasteiger partial charge in [-0.05, 0) is 38.1 Å². The van der Waals surface area contributed by atoms with E-state index in [0.717, 1.165) is 10.0 Å². The third-order valence-electron chi connectivity index (χ3n) is 3.25. The van der Waals surface area contributed by atoms with Crippen molar-refractivity contribution >= 4 is 21.8 Å². The Labute approximate surface area is 149 Å². The Bertz CT molecular complexity index is 718. The second-order valence-corrected chi connectivity index (χ2v) is 5.76. The van der Waals surface area contributed by atoms with Crippen molar-refractivity contribution < 1.29 is 19.0 Å². The number of hydrogen-bond acceptors (Lipinski definition) is 4. The van der Waals surface area contributed by atoms with Gasteiger partial charge in [0.25, 0.3) is 5.91 Å². The summed E-state index contributed by atoms with van der Waals surface area (Å²) in [5.74, 6) is 1.26. The fourth-order valence-electron chi connectivity index (χ4n) is 2.18. The highest BCUT2D eigenvalue weighted by Crippen LogP contribution is 2.34. The van der Waals surface area contributed by atoms with E-state index in [1.165, 1.54) is 0 Å². The van der Waals surface area contributed by atoms with E-state index in [9.17, 15) is 4.79 Å². The lowest BCUT2D eigenvalue weighted by molar-refractivity contribution is 0.0996. The molecule has 5 nitrogen and oxygen atoms in total. The second-order valence-electron chi connectivity index (χ2n) is 4.91. The largest absolute Gasteiger partial charge is 0.490 e. The number of para-hydroxylation sites is 1. The van der Waals surface area contributed by atoms with Crippen LogP contribution in [-0.4, -0.2) is 19.1 Å². The molecule has 0 fully saturated rings. The van der Waals surface area contributed by atoms with Crippen molar-refractivity contribution in [2.24, 2.45) is 5.73 Å². The molecule has 0 unspecified atom stereocenters. The first-order valence-corrected chi connectivity index (χ1v) is 8.45. The molecule has 0 aliphatic heterocycles. The van der Waals surface area contributed by atoms with Crippen molar-refractivity contribution in [2.75, 3.05) is 13.2 Å². The predicted octanol–water partition coefficient (Wildman–Crippen LogP) is 3.92. The molecule has 1 amide bonds. The van der Waals surface area contributed by atoms with Crippen LogP contribution in [0.4, 0.5) is 0 Å². The van der Waals surface area contributed by atoms with Crippen LogP contribution in [0, 0.1) is 0 Å². The van der Waals surface area contributed by atoms with E-state index in [1.807, 2.05) is 26.0 Å². The van der Waals surface area contributed by atoms with Crippen molar-refractivity contribution in [3.8, 4) is 17.2 Å². The minimum atomic E-state index is -0.522. The lowest BCUT2D eigenvalue weighted by atomic mass is 10.2. The molecule has 0 aromatic heterocycles. The minimum absolute atomic E-state index is 0.261. The molecule has 2 aromatic carbocycles. The zero-order chi connectivity index (χ0) is 17.5. The van der Waals surface area contributed by atoms with E-state index in [1.54, 1.807) is 24.3 Å². The Morgan fingerprint density at radius 2 is 1.62 bits per heavy atom. The Balaban J connectivity index is 2.24. The minimum Gasteiger partial charge on any atom is -0.490 e. The molecule has 2 N–H and O–H groups in total. The molecule has 2 rings (SSSR count). The van der Waals surface area contributed by atoms with Gasteiger partial charge in [0.15, 0.2) is 11.5 Å². The summed E-state index contributed by atoms with van der Waals surface area (Å²) in [6.07, 6.45) is 0. The number of ether oxygens (including phenoxy) is 3. The van der Waals surface area contributed by atoms with Crippen LogP contribution in [0.15, 0.2) is 40.9 Å².